The third kappa shape index (κ3) is 8.84. The molecular weight excluding hydrogens is 306 g/mol. The summed E-state index contributed by atoms with van der Waals surface area (Å²) < 4.78 is 10.4. The average molecular weight is 331 g/mol. The Kier molecular flexibility index (Phi) is 7.84. The van der Waals surface area contributed by atoms with Gasteiger partial charge in [-0.05, 0) is 32.8 Å². The van der Waals surface area contributed by atoms with Crippen LogP contribution in [0.5, 0.6) is 0 Å². The normalized spacial score (nSPS) is 11.9. The van der Waals surface area contributed by atoms with Crippen molar-refractivity contribution in [3.05, 3.63) is 35.9 Å². The first-order valence-electron chi connectivity index (χ1n) is 7.92. The van der Waals surface area contributed by atoms with E-state index in [0.29, 0.717) is 12.8 Å². The van der Waals surface area contributed by atoms with Gasteiger partial charge >= 0.3 is 12.1 Å². The Labute approximate surface area is 143 Å². The number of hydrogen-bond acceptors (Lipinski definition) is 4. The summed E-state index contributed by atoms with van der Waals surface area (Å²) in [5.41, 5.74) is 0.371. The Morgan fingerprint density at radius 2 is 1.92 bits per heavy atom. The molecule has 0 radical (unpaired) electrons. The number of rotatable bonds is 7. The van der Waals surface area contributed by atoms with Crippen LogP contribution < -0.4 is 5.32 Å². The number of alkyl carbamates (subject to hydrolysis) is 1. The van der Waals surface area contributed by atoms with Gasteiger partial charge in [-0.3, -0.25) is 4.79 Å². The molecule has 1 atom stereocenters. The van der Waals surface area contributed by atoms with Crippen molar-refractivity contribution in [3.8, 4) is 12.3 Å². The van der Waals surface area contributed by atoms with Gasteiger partial charge in [0.05, 0.1) is 0 Å². The van der Waals surface area contributed by atoms with Gasteiger partial charge in [-0.25, -0.2) is 4.79 Å². The second-order valence-electron chi connectivity index (χ2n) is 6.44. The summed E-state index contributed by atoms with van der Waals surface area (Å²) in [5, 5.41) is 2.69. The van der Waals surface area contributed by atoms with E-state index in [-0.39, 0.29) is 25.0 Å². The van der Waals surface area contributed by atoms with Crippen molar-refractivity contribution < 1.29 is 19.1 Å². The second-order valence-corrected chi connectivity index (χ2v) is 6.44. The molecule has 1 rings (SSSR count). The van der Waals surface area contributed by atoms with Gasteiger partial charge in [-0.2, -0.15) is 0 Å². The number of nitrogens with one attached hydrogen (secondary N) is 1. The zero-order chi connectivity index (χ0) is 18.0. The van der Waals surface area contributed by atoms with E-state index in [2.05, 4.69) is 11.2 Å². The topological polar surface area (TPSA) is 64.6 Å². The number of benzene rings is 1. The fourth-order valence-electron chi connectivity index (χ4n) is 1.98. The molecule has 1 aromatic carbocycles. The molecule has 5 heteroatoms. The maximum atomic E-state index is 11.9. The van der Waals surface area contributed by atoms with Crippen LogP contribution in [0.15, 0.2) is 30.3 Å². The Bertz CT molecular complexity index is 569. The number of carbonyl (C=O) groups is 2. The van der Waals surface area contributed by atoms with Gasteiger partial charge in [-0.1, -0.05) is 30.3 Å². The first-order valence-corrected chi connectivity index (χ1v) is 7.92. The van der Waals surface area contributed by atoms with Crippen molar-refractivity contribution in [2.75, 3.05) is 0 Å². The lowest BCUT2D eigenvalue weighted by molar-refractivity contribution is -0.155. The number of ether oxygens (including phenoxy) is 2. The van der Waals surface area contributed by atoms with E-state index in [0.717, 1.165) is 5.56 Å². The summed E-state index contributed by atoms with van der Waals surface area (Å²) in [5.74, 6) is 2.18. The van der Waals surface area contributed by atoms with Crippen LogP contribution in [0.4, 0.5) is 4.79 Å². The lowest BCUT2D eigenvalue weighted by Gasteiger charge is -2.21. The minimum absolute atomic E-state index is 0.182. The number of carbonyl (C=O) groups excluding carboxylic acids is 2. The smallest absolute Gasteiger partial charge is 0.407 e. The molecule has 1 amide bonds. The third-order valence-electron chi connectivity index (χ3n) is 3.02. The van der Waals surface area contributed by atoms with Crippen molar-refractivity contribution in [1.82, 2.24) is 5.32 Å². The van der Waals surface area contributed by atoms with Gasteiger partial charge in [0.15, 0.2) is 0 Å². The Morgan fingerprint density at radius 3 is 2.50 bits per heavy atom. The quantitative estimate of drug-likeness (QED) is 0.614. The maximum Gasteiger partial charge on any atom is 0.407 e. The highest BCUT2D eigenvalue weighted by atomic mass is 16.6. The van der Waals surface area contributed by atoms with E-state index in [1.165, 1.54) is 0 Å². The van der Waals surface area contributed by atoms with Gasteiger partial charge < -0.3 is 14.8 Å². The molecule has 130 valence electrons. The molecule has 0 aliphatic heterocycles. The number of terminal acetylenes is 1. The largest absolute Gasteiger partial charge is 0.460 e. The molecule has 0 bridgehead atoms. The molecule has 24 heavy (non-hydrogen) atoms. The second kappa shape index (κ2) is 9.61. The van der Waals surface area contributed by atoms with Crippen LogP contribution in [0, 0.1) is 12.3 Å². The summed E-state index contributed by atoms with van der Waals surface area (Å²) in [6, 6.07) is 9.05. The Balaban J connectivity index is 2.40. The summed E-state index contributed by atoms with van der Waals surface area (Å²) in [6.45, 7) is 5.61. The minimum Gasteiger partial charge on any atom is -0.460 e. The van der Waals surface area contributed by atoms with Crippen molar-refractivity contribution in [1.29, 1.82) is 0 Å². The Hall–Kier alpha value is -2.48. The number of hydrogen-bond donors (Lipinski definition) is 1. The van der Waals surface area contributed by atoms with E-state index in [1.807, 2.05) is 51.1 Å². The van der Waals surface area contributed by atoms with Crippen LogP contribution in [0.2, 0.25) is 0 Å². The zero-order valence-corrected chi connectivity index (χ0v) is 14.5. The lowest BCUT2D eigenvalue weighted by atomic mass is 10.1. The lowest BCUT2D eigenvalue weighted by Crippen LogP contribution is -2.36. The molecule has 0 unspecified atom stereocenters. The minimum atomic E-state index is -0.553. The van der Waals surface area contributed by atoms with Crippen LogP contribution in [-0.2, 0) is 20.9 Å². The summed E-state index contributed by atoms with van der Waals surface area (Å²) in [7, 11) is 0. The fourth-order valence-corrected chi connectivity index (χ4v) is 1.98. The van der Waals surface area contributed by atoms with Crippen molar-refractivity contribution in [2.24, 2.45) is 0 Å². The molecule has 1 N–H and O–H groups in total. The van der Waals surface area contributed by atoms with Crippen LogP contribution in [0.3, 0.4) is 0 Å². The molecule has 1 aromatic rings. The summed E-state index contributed by atoms with van der Waals surface area (Å²) in [6.07, 6.45) is 5.68. The molecule has 0 heterocycles. The van der Waals surface area contributed by atoms with E-state index in [4.69, 9.17) is 15.9 Å². The van der Waals surface area contributed by atoms with E-state index < -0.39 is 11.7 Å². The Morgan fingerprint density at radius 1 is 1.25 bits per heavy atom. The highest BCUT2D eigenvalue weighted by Gasteiger charge is 2.19. The third-order valence-corrected chi connectivity index (χ3v) is 3.02. The van der Waals surface area contributed by atoms with E-state index in [9.17, 15) is 9.59 Å². The molecule has 0 aliphatic rings. The standard InChI is InChI=1S/C19H25NO4/c1-5-9-16(12-13-17(21)24-19(2,3)4)20-18(22)23-14-15-10-7-6-8-11-15/h1,6-8,10-11,16H,9,12-14H2,2-4H3,(H,20,22)/t16-/m1/s1. The van der Waals surface area contributed by atoms with Gasteiger partial charge in [0.25, 0.3) is 0 Å². The van der Waals surface area contributed by atoms with Crippen molar-refractivity contribution >= 4 is 12.1 Å². The molecule has 0 aromatic heterocycles. The predicted octanol–water partition coefficient (Wildman–Crippen LogP) is 3.43. The monoisotopic (exact) mass is 331 g/mol. The maximum absolute atomic E-state index is 11.9. The van der Waals surface area contributed by atoms with Crippen LogP contribution in [-0.4, -0.2) is 23.7 Å². The predicted molar refractivity (Wildman–Crippen MR) is 92.1 cm³/mol. The zero-order valence-electron chi connectivity index (χ0n) is 14.5. The molecular formula is C19H25NO4. The summed E-state index contributed by atoms with van der Waals surface area (Å²) >= 11 is 0. The molecule has 0 saturated heterocycles. The van der Waals surface area contributed by atoms with Gasteiger partial charge in [-0.15, -0.1) is 12.3 Å². The number of amides is 1. The summed E-state index contributed by atoms with van der Waals surface area (Å²) in [4.78, 5) is 23.6. The molecule has 0 saturated carbocycles. The first kappa shape index (κ1) is 19.6. The highest BCUT2D eigenvalue weighted by molar-refractivity contribution is 5.70. The SMILES string of the molecule is C#CC[C@H](CCC(=O)OC(C)(C)C)NC(=O)OCc1ccccc1. The molecule has 0 aliphatic carbocycles. The van der Waals surface area contributed by atoms with Crippen LogP contribution in [0.1, 0.15) is 45.6 Å². The first-order chi connectivity index (χ1) is 11.3. The van der Waals surface area contributed by atoms with Gasteiger partial charge in [0.2, 0.25) is 0 Å². The van der Waals surface area contributed by atoms with E-state index >= 15 is 0 Å². The molecule has 0 fully saturated rings. The van der Waals surface area contributed by atoms with Crippen molar-refractivity contribution in [3.63, 3.8) is 0 Å². The van der Waals surface area contributed by atoms with Crippen LogP contribution in [0.25, 0.3) is 0 Å². The van der Waals surface area contributed by atoms with Crippen molar-refractivity contribution in [2.45, 2.75) is 58.3 Å². The van der Waals surface area contributed by atoms with Gasteiger partial charge in [0.1, 0.15) is 12.2 Å². The molecule has 0 spiro atoms. The average Bonchev–Trinajstić information content (AvgIpc) is 2.50. The van der Waals surface area contributed by atoms with E-state index in [1.54, 1.807) is 0 Å². The molecule has 5 nitrogen and oxygen atoms in total. The number of esters is 1. The van der Waals surface area contributed by atoms with Crippen LogP contribution >= 0.6 is 0 Å². The fraction of sp³-hybridized carbons (Fsp3) is 0.474. The van der Waals surface area contributed by atoms with Gasteiger partial charge in [0, 0.05) is 18.9 Å². The highest BCUT2D eigenvalue weighted by Crippen LogP contribution is 2.11.